The molecule has 148 valence electrons. The van der Waals surface area contributed by atoms with E-state index < -0.39 is 0 Å². The van der Waals surface area contributed by atoms with Crippen molar-refractivity contribution in [2.75, 3.05) is 38.2 Å². The number of ether oxygens (including phenoxy) is 1. The highest BCUT2D eigenvalue weighted by atomic mass is 19.1. The van der Waals surface area contributed by atoms with Crippen LogP contribution < -0.4 is 5.32 Å². The average molecular weight is 392 g/mol. The molecule has 0 bridgehead atoms. The molecular weight excluding hydrogens is 371 g/mol. The van der Waals surface area contributed by atoms with Crippen molar-refractivity contribution in [2.24, 2.45) is 0 Å². The Labute approximate surface area is 167 Å². The summed E-state index contributed by atoms with van der Waals surface area (Å²) in [6, 6.07) is 14.6. The number of hydrogen-bond donors (Lipinski definition) is 1. The van der Waals surface area contributed by atoms with Gasteiger partial charge in [0.2, 0.25) is 0 Å². The molecule has 0 amide bonds. The van der Waals surface area contributed by atoms with Gasteiger partial charge in [0, 0.05) is 25.0 Å². The third-order valence-electron chi connectivity index (χ3n) is 5.36. The summed E-state index contributed by atoms with van der Waals surface area (Å²) in [7, 11) is 0. The Morgan fingerprint density at radius 2 is 1.83 bits per heavy atom. The van der Waals surface area contributed by atoms with Crippen molar-refractivity contribution in [2.45, 2.75) is 6.04 Å². The van der Waals surface area contributed by atoms with Gasteiger partial charge in [-0.25, -0.2) is 14.4 Å². The Hall–Kier alpha value is -3.03. The topological polar surface area (TPSA) is 63.4 Å². The Bertz CT molecular complexity index is 1120. The van der Waals surface area contributed by atoms with Gasteiger partial charge in [-0.2, -0.15) is 0 Å². The van der Waals surface area contributed by atoms with E-state index in [1.165, 1.54) is 12.1 Å². The van der Waals surface area contributed by atoms with Gasteiger partial charge in [-0.05, 0) is 29.8 Å². The molecule has 5 rings (SSSR count). The maximum Gasteiger partial charge on any atom is 0.196 e. The normalized spacial score (nSPS) is 16.3. The van der Waals surface area contributed by atoms with Crippen molar-refractivity contribution < 1.29 is 13.5 Å². The minimum absolute atomic E-state index is 0.0638. The number of morpholine rings is 1. The fourth-order valence-electron chi connectivity index (χ4n) is 3.87. The molecule has 0 unspecified atom stereocenters. The molecule has 1 fully saturated rings. The summed E-state index contributed by atoms with van der Waals surface area (Å²) in [6.45, 7) is 3.65. The summed E-state index contributed by atoms with van der Waals surface area (Å²) in [5.74, 6) is 0.425. The fraction of sp³-hybridized carbons (Fsp3) is 0.273. The van der Waals surface area contributed by atoms with Gasteiger partial charge >= 0.3 is 0 Å². The number of fused-ring (bicyclic) bond motifs is 3. The van der Waals surface area contributed by atoms with E-state index in [4.69, 9.17) is 9.15 Å². The van der Waals surface area contributed by atoms with Gasteiger partial charge in [-0.1, -0.05) is 24.3 Å². The Morgan fingerprint density at radius 1 is 1.03 bits per heavy atom. The van der Waals surface area contributed by atoms with Crippen LogP contribution in [0.2, 0.25) is 0 Å². The maximum atomic E-state index is 13.4. The van der Waals surface area contributed by atoms with E-state index in [9.17, 15) is 4.39 Å². The van der Waals surface area contributed by atoms with Crippen molar-refractivity contribution in [1.29, 1.82) is 0 Å². The van der Waals surface area contributed by atoms with Gasteiger partial charge in [0.25, 0.3) is 0 Å². The van der Waals surface area contributed by atoms with E-state index in [0.717, 1.165) is 35.1 Å². The molecule has 1 N–H and O–H groups in total. The molecule has 6 nitrogen and oxygen atoms in total. The molecule has 0 radical (unpaired) electrons. The predicted molar refractivity (Wildman–Crippen MR) is 109 cm³/mol. The van der Waals surface area contributed by atoms with Crippen LogP contribution >= 0.6 is 0 Å². The van der Waals surface area contributed by atoms with E-state index >= 15 is 0 Å². The summed E-state index contributed by atoms with van der Waals surface area (Å²) in [6.07, 6.45) is 1.55. The summed E-state index contributed by atoms with van der Waals surface area (Å²) < 4.78 is 25.0. The van der Waals surface area contributed by atoms with Crippen molar-refractivity contribution in [1.82, 2.24) is 14.9 Å². The minimum Gasteiger partial charge on any atom is -0.450 e. The van der Waals surface area contributed by atoms with Gasteiger partial charge in [-0.3, -0.25) is 4.90 Å². The second-order valence-electron chi connectivity index (χ2n) is 7.09. The lowest BCUT2D eigenvalue weighted by Gasteiger charge is -2.35. The predicted octanol–water partition coefficient (Wildman–Crippen LogP) is 4.00. The smallest absolute Gasteiger partial charge is 0.196 e. The standard InChI is InChI=1S/C22H21FN4O2/c23-16-7-5-15(6-8-16)18(27-9-11-28-12-10-27)13-24-22-21-20(25-14-26-22)17-3-1-2-4-19(17)29-21/h1-8,14,18H,9-13H2,(H,24,25,26)/t18-/m0/s1. The molecule has 1 aliphatic heterocycles. The molecule has 1 aliphatic rings. The van der Waals surface area contributed by atoms with Crippen molar-refractivity contribution in [3.05, 3.63) is 66.2 Å². The summed E-state index contributed by atoms with van der Waals surface area (Å²) >= 11 is 0. The van der Waals surface area contributed by atoms with E-state index in [1.54, 1.807) is 6.33 Å². The van der Waals surface area contributed by atoms with Crippen molar-refractivity contribution in [3.8, 4) is 0 Å². The number of benzene rings is 2. The summed E-state index contributed by atoms with van der Waals surface area (Å²) in [5, 5.41) is 4.41. The number of rotatable bonds is 5. The van der Waals surface area contributed by atoms with Gasteiger partial charge in [0.05, 0.1) is 19.3 Å². The molecule has 0 spiro atoms. The van der Waals surface area contributed by atoms with Gasteiger partial charge in [0.1, 0.15) is 23.2 Å². The van der Waals surface area contributed by atoms with Crippen molar-refractivity contribution in [3.63, 3.8) is 0 Å². The summed E-state index contributed by atoms with van der Waals surface area (Å²) in [4.78, 5) is 11.2. The Kier molecular flexibility index (Phi) is 4.83. The molecule has 0 aliphatic carbocycles. The van der Waals surface area contributed by atoms with E-state index in [-0.39, 0.29) is 11.9 Å². The van der Waals surface area contributed by atoms with E-state index in [1.807, 2.05) is 36.4 Å². The molecule has 3 heterocycles. The number of para-hydroxylation sites is 1. The van der Waals surface area contributed by atoms with Crippen LogP contribution in [0.3, 0.4) is 0 Å². The minimum atomic E-state index is -0.234. The lowest BCUT2D eigenvalue weighted by Crippen LogP contribution is -2.41. The molecule has 0 saturated carbocycles. The first kappa shape index (κ1) is 18.0. The fourth-order valence-corrected chi connectivity index (χ4v) is 3.87. The number of aromatic nitrogens is 2. The van der Waals surface area contributed by atoms with Gasteiger partial charge in [-0.15, -0.1) is 0 Å². The quantitative estimate of drug-likeness (QED) is 0.554. The number of nitrogens with one attached hydrogen (secondary N) is 1. The molecule has 1 atom stereocenters. The van der Waals surface area contributed by atoms with Crippen LogP contribution in [-0.2, 0) is 4.74 Å². The highest BCUT2D eigenvalue weighted by molar-refractivity contribution is 6.05. The Balaban J connectivity index is 1.45. The number of halogens is 1. The van der Waals surface area contributed by atoms with Crippen LogP contribution in [0, 0.1) is 5.82 Å². The second-order valence-corrected chi connectivity index (χ2v) is 7.09. The van der Waals surface area contributed by atoms with Gasteiger partial charge < -0.3 is 14.5 Å². The van der Waals surface area contributed by atoms with Crippen LogP contribution in [-0.4, -0.2) is 47.7 Å². The first-order chi connectivity index (χ1) is 14.3. The monoisotopic (exact) mass is 392 g/mol. The molecule has 4 aromatic rings. The van der Waals surface area contributed by atoms with E-state index in [2.05, 4.69) is 20.2 Å². The third kappa shape index (κ3) is 3.54. The highest BCUT2D eigenvalue weighted by Gasteiger charge is 2.23. The molecular formula is C22H21FN4O2. The van der Waals surface area contributed by atoms with E-state index in [0.29, 0.717) is 31.2 Å². The second kappa shape index (κ2) is 7.77. The van der Waals surface area contributed by atoms with Crippen molar-refractivity contribution >= 4 is 27.9 Å². The van der Waals surface area contributed by atoms with Crippen LogP contribution in [0.1, 0.15) is 11.6 Å². The number of hydrogen-bond acceptors (Lipinski definition) is 6. The Morgan fingerprint density at radius 3 is 2.66 bits per heavy atom. The zero-order chi connectivity index (χ0) is 19.6. The molecule has 7 heteroatoms. The first-order valence-electron chi connectivity index (χ1n) is 9.73. The molecule has 29 heavy (non-hydrogen) atoms. The number of furan rings is 1. The highest BCUT2D eigenvalue weighted by Crippen LogP contribution is 2.31. The maximum absolute atomic E-state index is 13.4. The summed E-state index contributed by atoms with van der Waals surface area (Å²) in [5.41, 5.74) is 3.28. The zero-order valence-corrected chi connectivity index (χ0v) is 15.8. The SMILES string of the molecule is Fc1ccc([C@H](CNc2ncnc3c2oc2ccccc23)N2CCOCC2)cc1. The van der Waals surface area contributed by atoms with Crippen LogP contribution in [0.4, 0.5) is 10.2 Å². The largest absolute Gasteiger partial charge is 0.450 e. The van der Waals surface area contributed by atoms with Crippen LogP contribution in [0.15, 0.2) is 59.3 Å². The molecule has 2 aromatic heterocycles. The van der Waals surface area contributed by atoms with Gasteiger partial charge in [0.15, 0.2) is 11.4 Å². The number of nitrogens with zero attached hydrogens (tertiary/aromatic N) is 3. The first-order valence-corrected chi connectivity index (χ1v) is 9.73. The lowest BCUT2D eigenvalue weighted by atomic mass is 10.0. The van der Waals surface area contributed by atoms with Crippen LogP contribution in [0.5, 0.6) is 0 Å². The molecule has 1 saturated heterocycles. The van der Waals surface area contributed by atoms with Crippen LogP contribution in [0.25, 0.3) is 22.1 Å². The number of anilines is 1. The molecule has 2 aromatic carbocycles. The average Bonchev–Trinajstić information content (AvgIpc) is 3.15. The third-order valence-corrected chi connectivity index (χ3v) is 5.36. The zero-order valence-electron chi connectivity index (χ0n) is 15.8. The lowest BCUT2D eigenvalue weighted by molar-refractivity contribution is 0.0187.